The van der Waals surface area contributed by atoms with E-state index in [4.69, 9.17) is 0 Å². The second-order valence-corrected chi connectivity index (χ2v) is 9.06. The molecule has 0 unspecified atom stereocenters. The van der Waals surface area contributed by atoms with Crippen LogP contribution in [-0.4, -0.2) is 28.6 Å². The van der Waals surface area contributed by atoms with Gasteiger partial charge >= 0.3 is 0 Å². The van der Waals surface area contributed by atoms with Crippen molar-refractivity contribution in [3.63, 3.8) is 0 Å². The first kappa shape index (κ1) is 18.1. The van der Waals surface area contributed by atoms with Crippen LogP contribution >= 0.6 is 0 Å². The molecular weight excluding hydrogens is 372 g/mol. The highest BCUT2D eigenvalue weighted by Gasteiger charge is 2.34. The fourth-order valence-corrected chi connectivity index (χ4v) is 6.14. The number of rotatable bonds is 2. The van der Waals surface area contributed by atoms with Crippen LogP contribution in [0.25, 0.3) is 32.3 Å². The lowest BCUT2D eigenvalue weighted by Crippen LogP contribution is -2.50. The SMILES string of the molecule is O=c1c2c3ccccc3c(c(=O)n1C[C@H]1CCCN3CCCC[C@H]13)c1ccccc12. The van der Waals surface area contributed by atoms with Gasteiger partial charge in [0.15, 0.2) is 0 Å². The van der Waals surface area contributed by atoms with Gasteiger partial charge in [-0.1, -0.05) is 55.0 Å². The summed E-state index contributed by atoms with van der Waals surface area (Å²) in [6, 6.07) is 16.3. The van der Waals surface area contributed by atoms with E-state index in [1.54, 1.807) is 4.57 Å². The molecule has 2 atom stereocenters. The lowest BCUT2D eigenvalue weighted by Gasteiger charge is -2.44. The van der Waals surface area contributed by atoms with Gasteiger partial charge in [0, 0.05) is 12.6 Å². The molecule has 4 nitrogen and oxygen atoms in total. The zero-order chi connectivity index (χ0) is 20.2. The van der Waals surface area contributed by atoms with Gasteiger partial charge in [-0.05, 0) is 66.2 Å². The number of benzene rings is 3. The maximum absolute atomic E-state index is 13.8. The molecule has 3 aromatic carbocycles. The van der Waals surface area contributed by atoms with Gasteiger partial charge in [-0.25, -0.2) is 0 Å². The number of fused-ring (bicyclic) bond motifs is 3. The van der Waals surface area contributed by atoms with Crippen molar-refractivity contribution in [2.45, 2.75) is 44.7 Å². The van der Waals surface area contributed by atoms with Crippen LogP contribution in [0.5, 0.6) is 0 Å². The second kappa shape index (κ2) is 6.92. The van der Waals surface area contributed by atoms with E-state index >= 15 is 0 Å². The molecule has 0 spiro atoms. The Balaban J connectivity index is 1.63. The Morgan fingerprint density at radius 3 is 1.80 bits per heavy atom. The molecule has 152 valence electrons. The van der Waals surface area contributed by atoms with Gasteiger partial charge in [-0.3, -0.25) is 14.2 Å². The molecule has 4 heteroatoms. The van der Waals surface area contributed by atoms with Crippen LogP contribution in [0.2, 0.25) is 0 Å². The van der Waals surface area contributed by atoms with Crippen LogP contribution in [0.15, 0.2) is 58.1 Å². The van der Waals surface area contributed by atoms with Crippen molar-refractivity contribution >= 4 is 32.3 Å². The number of piperidine rings is 2. The molecule has 2 fully saturated rings. The third-order valence-corrected chi connectivity index (χ3v) is 7.50. The highest BCUT2D eigenvalue weighted by Crippen LogP contribution is 2.34. The highest BCUT2D eigenvalue weighted by atomic mass is 16.2. The summed E-state index contributed by atoms with van der Waals surface area (Å²) in [6.45, 7) is 2.86. The van der Waals surface area contributed by atoms with Gasteiger partial charge in [0.2, 0.25) is 0 Å². The summed E-state index contributed by atoms with van der Waals surface area (Å²) < 4.78 is 1.58. The quantitative estimate of drug-likeness (QED) is 0.471. The third-order valence-electron chi connectivity index (χ3n) is 7.50. The van der Waals surface area contributed by atoms with Crippen molar-refractivity contribution < 1.29 is 0 Å². The third kappa shape index (κ3) is 2.56. The molecule has 0 aliphatic carbocycles. The number of hydrogen-bond donors (Lipinski definition) is 0. The zero-order valence-electron chi connectivity index (χ0n) is 17.1. The van der Waals surface area contributed by atoms with E-state index in [2.05, 4.69) is 4.90 Å². The van der Waals surface area contributed by atoms with Crippen molar-refractivity contribution in [1.29, 1.82) is 0 Å². The lowest BCUT2D eigenvalue weighted by molar-refractivity contribution is 0.0512. The Kier molecular flexibility index (Phi) is 4.17. The number of aromatic nitrogens is 1. The van der Waals surface area contributed by atoms with Gasteiger partial charge in [0.1, 0.15) is 0 Å². The van der Waals surface area contributed by atoms with E-state index in [1.165, 1.54) is 19.3 Å². The molecule has 0 saturated carbocycles. The molecule has 0 N–H and O–H groups in total. The van der Waals surface area contributed by atoms with Gasteiger partial charge in [0.25, 0.3) is 11.1 Å². The molecule has 2 aliphatic rings. The van der Waals surface area contributed by atoms with Crippen LogP contribution in [0.4, 0.5) is 0 Å². The van der Waals surface area contributed by atoms with Gasteiger partial charge < -0.3 is 4.90 Å². The summed E-state index contributed by atoms with van der Waals surface area (Å²) in [5.74, 6) is 0.372. The Morgan fingerprint density at radius 2 is 1.23 bits per heavy atom. The molecule has 7 rings (SSSR count). The Morgan fingerprint density at radius 1 is 0.700 bits per heavy atom. The van der Waals surface area contributed by atoms with Crippen LogP contribution in [0.1, 0.15) is 32.1 Å². The van der Waals surface area contributed by atoms with E-state index in [0.717, 1.165) is 47.5 Å². The van der Waals surface area contributed by atoms with Crippen molar-refractivity contribution in [3.05, 3.63) is 69.2 Å². The predicted octanol–water partition coefficient (Wildman–Crippen LogP) is 4.37. The molecule has 0 amide bonds. The van der Waals surface area contributed by atoms with E-state index < -0.39 is 0 Å². The maximum Gasteiger partial charge on any atom is 0.262 e. The van der Waals surface area contributed by atoms with Crippen molar-refractivity contribution in [2.24, 2.45) is 5.92 Å². The number of nitrogens with zero attached hydrogens (tertiary/aromatic N) is 2. The standard InChI is InChI=1S/C26H26N2O2/c29-25-23-18-9-1-2-10-19(18)24(21-12-4-3-11-20(21)23)26(30)28(25)16-17-8-7-15-27-14-6-5-13-22(17)27/h1-4,9-12,17,22H,5-8,13-16H2/t17-,22-/m1/s1. The van der Waals surface area contributed by atoms with E-state index in [-0.39, 0.29) is 11.1 Å². The smallest absolute Gasteiger partial charge is 0.262 e. The first-order chi connectivity index (χ1) is 14.7. The molecule has 2 bridgehead atoms. The van der Waals surface area contributed by atoms with Crippen molar-refractivity contribution in [3.8, 4) is 0 Å². The predicted molar refractivity (Wildman–Crippen MR) is 123 cm³/mol. The summed E-state index contributed by atoms with van der Waals surface area (Å²) in [5.41, 5.74) is -0.249. The first-order valence-electron chi connectivity index (χ1n) is 11.3. The fourth-order valence-electron chi connectivity index (χ4n) is 6.14. The average Bonchev–Trinajstić information content (AvgIpc) is 2.94. The monoisotopic (exact) mass is 398 g/mol. The topological polar surface area (TPSA) is 42.3 Å². The Hall–Kier alpha value is -2.72. The van der Waals surface area contributed by atoms with E-state index in [1.807, 2.05) is 48.5 Å². The maximum atomic E-state index is 13.8. The molecular formula is C26H26N2O2. The van der Waals surface area contributed by atoms with E-state index in [9.17, 15) is 9.59 Å². The highest BCUT2D eigenvalue weighted by molar-refractivity contribution is 6.25. The normalized spacial score (nSPS) is 22.7. The molecule has 2 aliphatic heterocycles. The minimum Gasteiger partial charge on any atom is -0.300 e. The summed E-state index contributed by atoms with van der Waals surface area (Å²) in [7, 11) is 0. The van der Waals surface area contributed by atoms with Crippen LogP contribution in [0.3, 0.4) is 0 Å². The van der Waals surface area contributed by atoms with Crippen molar-refractivity contribution in [2.75, 3.05) is 13.1 Å². The van der Waals surface area contributed by atoms with Crippen LogP contribution in [0, 0.1) is 5.92 Å². The van der Waals surface area contributed by atoms with Crippen molar-refractivity contribution in [1.82, 2.24) is 9.47 Å². The largest absolute Gasteiger partial charge is 0.300 e. The Bertz CT molecular complexity index is 1230. The minimum absolute atomic E-state index is 0.125. The summed E-state index contributed by atoms with van der Waals surface area (Å²) in [4.78, 5) is 30.2. The molecule has 2 saturated heterocycles. The molecule has 30 heavy (non-hydrogen) atoms. The van der Waals surface area contributed by atoms with Gasteiger partial charge in [-0.2, -0.15) is 0 Å². The molecule has 0 radical (unpaired) electrons. The van der Waals surface area contributed by atoms with Crippen LogP contribution < -0.4 is 11.1 Å². The number of hydrogen-bond acceptors (Lipinski definition) is 3. The lowest BCUT2D eigenvalue weighted by atomic mass is 9.83. The zero-order valence-corrected chi connectivity index (χ0v) is 17.1. The van der Waals surface area contributed by atoms with E-state index in [0.29, 0.717) is 29.3 Å². The first-order valence-corrected chi connectivity index (χ1v) is 11.3. The Labute approximate surface area is 175 Å². The minimum atomic E-state index is -0.125. The average molecular weight is 399 g/mol. The van der Waals surface area contributed by atoms with Gasteiger partial charge in [0.05, 0.1) is 10.8 Å². The summed E-state index contributed by atoms with van der Waals surface area (Å²) in [6.07, 6.45) is 5.97. The molecule has 2 aromatic heterocycles. The van der Waals surface area contributed by atoms with Gasteiger partial charge in [-0.15, -0.1) is 0 Å². The summed E-state index contributed by atoms with van der Waals surface area (Å²) >= 11 is 0. The summed E-state index contributed by atoms with van der Waals surface area (Å²) in [5, 5.41) is 4.97. The van der Waals surface area contributed by atoms with Crippen LogP contribution in [-0.2, 0) is 6.54 Å². The fraction of sp³-hybridized carbons (Fsp3) is 0.385. The second-order valence-electron chi connectivity index (χ2n) is 9.06. The molecule has 5 aromatic rings. The molecule has 4 heterocycles.